The summed E-state index contributed by atoms with van der Waals surface area (Å²) in [6.07, 6.45) is 7.54. The Morgan fingerprint density at radius 3 is 2.77 bits per heavy atom. The molecule has 0 unspecified atom stereocenters. The molecule has 0 saturated heterocycles. The van der Waals surface area contributed by atoms with Crippen LogP contribution in [-0.2, 0) is 14.3 Å². The predicted octanol–water partition coefficient (Wildman–Crippen LogP) is 4.76. The first-order valence-electron chi connectivity index (χ1n) is 9.34. The van der Waals surface area contributed by atoms with Crippen LogP contribution in [0.15, 0.2) is 12.1 Å². The molecule has 140 valence electrons. The largest absolute Gasteiger partial charge is 0.456 e. The SMILES string of the molecule is Cc1cc(C)c2nc(NC(=O)COC(=O)CCC3CCCCC3)sc2c1. The number of ether oxygens (including phenoxy) is 1. The van der Waals surface area contributed by atoms with Gasteiger partial charge in [0.15, 0.2) is 11.7 Å². The van der Waals surface area contributed by atoms with Gasteiger partial charge in [-0.15, -0.1) is 0 Å². The topological polar surface area (TPSA) is 68.3 Å². The third kappa shape index (κ3) is 5.04. The summed E-state index contributed by atoms with van der Waals surface area (Å²) in [5.41, 5.74) is 3.16. The number of aromatic nitrogens is 1. The van der Waals surface area contributed by atoms with Gasteiger partial charge < -0.3 is 4.74 Å². The number of esters is 1. The quantitative estimate of drug-likeness (QED) is 0.741. The fraction of sp³-hybridized carbons (Fsp3) is 0.550. The molecular weight excluding hydrogens is 348 g/mol. The van der Waals surface area contributed by atoms with Crippen molar-refractivity contribution in [2.45, 2.75) is 58.8 Å². The highest BCUT2D eigenvalue weighted by molar-refractivity contribution is 7.22. The summed E-state index contributed by atoms with van der Waals surface area (Å²) in [5.74, 6) is 0.00510. The number of anilines is 1. The van der Waals surface area contributed by atoms with Gasteiger partial charge in [-0.25, -0.2) is 4.98 Å². The zero-order valence-corrected chi connectivity index (χ0v) is 16.3. The Kier molecular flexibility index (Phi) is 6.25. The highest BCUT2D eigenvalue weighted by atomic mass is 32.1. The maximum absolute atomic E-state index is 12.0. The Bertz CT molecular complexity index is 794. The van der Waals surface area contributed by atoms with Gasteiger partial charge in [-0.2, -0.15) is 0 Å². The minimum Gasteiger partial charge on any atom is -0.456 e. The predicted molar refractivity (Wildman–Crippen MR) is 104 cm³/mol. The van der Waals surface area contributed by atoms with E-state index in [0.29, 0.717) is 17.5 Å². The molecule has 5 nitrogen and oxygen atoms in total. The number of carbonyl (C=O) groups excluding carboxylic acids is 2. The summed E-state index contributed by atoms with van der Waals surface area (Å²) in [6, 6.07) is 4.13. The summed E-state index contributed by atoms with van der Waals surface area (Å²) < 4.78 is 6.15. The van der Waals surface area contributed by atoms with Gasteiger partial charge in [0.1, 0.15) is 0 Å². The number of nitrogens with one attached hydrogen (secondary N) is 1. The molecular formula is C20H26N2O3S. The van der Waals surface area contributed by atoms with E-state index in [-0.39, 0.29) is 18.5 Å². The van der Waals surface area contributed by atoms with Crippen molar-refractivity contribution in [2.75, 3.05) is 11.9 Å². The molecule has 3 rings (SSSR count). The number of aryl methyl sites for hydroxylation is 2. The average Bonchev–Trinajstić information content (AvgIpc) is 3.01. The average molecular weight is 375 g/mol. The molecule has 1 aliphatic rings. The first-order valence-corrected chi connectivity index (χ1v) is 10.2. The van der Waals surface area contributed by atoms with Crippen LogP contribution in [0.3, 0.4) is 0 Å². The molecule has 1 aliphatic carbocycles. The molecule has 2 aromatic rings. The summed E-state index contributed by atoms with van der Waals surface area (Å²) >= 11 is 1.43. The van der Waals surface area contributed by atoms with E-state index in [9.17, 15) is 9.59 Å². The van der Waals surface area contributed by atoms with Gasteiger partial charge in [-0.05, 0) is 43.4 Å². The van der Waals surface area contributed by atoms with Crippen LogP contribution in [0.1, 0.15) is 56.1 Å². The van der Waals surface area contributed by atoms with Crippen molar-refractivity contribution in [3.05, 3.63) is 23.3 Å². The number of hydrogen-bond acceptors (Lipinski definition) is 5. The lowest BCUT2D eigenvalue weighted by Crippen LogP contribution is -2.21. The second-order valence-electron chi connectivity index (χ2n) is 7.20. The van der Waals surface area contributed by atoms with Gasteiger partial charge in [0.25, 0.3) is 5.91 Å². The van der Waals surface area contributed by atoms with Crippen LogP contribution in [0.2, 0.25) is 0 Å². The minimum atomic E-state index is -0.343. The molecule has 1 aromatic carbocycles. The number of rotatable bonds is 6. The second-order valence-corrected chi connectivity index (χ2v) is 8.23. The highest BCUT2D eigenvalue weighted by Crippen LogP contribution is 2.29. The summed E-state index contributed by atoms with van der Waals surface area (Å²) in [4.78, 5) is 28.3. The zero-order valence-electron chi connectivity index (χ0n) is 15.5. The fourth-order valence-electron chi connectivity index (χ4n) is 3.60. The first-order chi connectivity index (χ1) is 12.5. The molecule has 1 amide bonds. The second kappa shape index (κ2) is 8.62. The molecule has 6 heteroatoms. The van der Waals surface area contributed by atoms with Crippen LogP contribution in [0.25, 0.3) is 10.2 Å². The monoisotopic (exact) mass is 374 g/mol. The van der Waals surface area contributed by atoms with E-state index >= 15 is 0 Å². The van der Waals surface area contributed by atoms with Crippen molar-refractivity contribution in [2.24, 2.45) is 5.92 Å². The van der Waals surface area contributed by atoms with Gasteiger partial charge in [0.05, 0.1) is 10.2 Å². The van der Waals surface area contributed by atoms with E-state index in [4.69, 9.17) is 4.74 Å². The van der Waals surface area contributed by atoms with Crippen molar-refractivity contribution in [3.8, 4) is 0 Å². The lowest BCUT2D eigenvalue weighted by atomic mass is 9.86. The third-order valence-electron chi connectivity index (χ3n) is 4.92. The van der Waals surface area contributed by atoms with Crippen LogP contribution in [-0.4, -0.2) is 23.5 Å². The minimum absolute atomic E-state index is 0.253. The standard InChI is InChI=1S/C20H26N2O3S/c1-13-10-14(2)19-16(11-13)26-20(22-19)21-17(23)12-25-18(24)9-8-15-6-4-3-5-7-15/h10-11,15H,3-9,12H2,1-2H3,(H,21,22,23). The van der Waals surface area contributed by atoms with Gasteiger partial charge >= 0.3 is 5.97 Å². The van der Waals surface area contributed by atoms with Gasteiger partial charge in [0.2, 0.25) is 0 Å². The number of nitrogens with zero attached hydrogens (tertiary/aromatic N) is 1. The molecule has 0 bridgehead atoms. The third-order valence-corrected chi connectivity index (χ3v) is 5.84. The summed E-state index contributed by atoms with van der Waals surface area (Å²) in [5, 5.41) is 3.27. The Morgan fingerprint density at radius 2 is 2.00 bits per heavy atom. The van der Waals surface area contributed by atoms with Crippen LogP contribution in [0, 0.1) is 19.8 Å². The Hall–Kier alpha value is -1.95. The number of hydrogen-bond donors (Lipinski definition) is 1. The lowest BCUT2D eigenvalue weighted by molar-refractivity contribution is -0.147. The maximum atomic E-state index is 12.0. The van der Waals surface area contributed by atoms with Gasteiger partial charge in [-0.1, -0.05) is 49.5 Å². The van der Waals surface area contributed by atoms with E-state index in [1.54, 1.807) is 0 Å². The van der Waals surface area contributed by atoms with E-state index in [1.807, 2.05) is 13.8 Å². The van der Waals surface area contributed by atoms with Crippen molar-refractivity contribution in [1.29, 1.82) is 0 Å². The van der Waals surface area contributed by atoms with Crippen molar-refractivity contribution < 1.29 is 14.3 Å². The van der Waals surface area contributed by atoms with Crippen LogP contribution >= 0.6 is 11.3 Å². The smallest absolute Gasteiger partial charge is 0.306 e. The van der Waals surface area contributed by atoms with E-state index in [0.717, 1.165) is 22.2 Å². The molecule has 0 aliphatic heterocycles. The molecule has 0 atom stereocenters. The number of amides is 1. The lowest BCUT2D eigenvalue weighted by Gasteiger charge is -2.20. The van der Waals surface area contributed by atoms with Crippen LogP contribution in [0.4, 0.5) is 5.13 Å². The van der Waals surface area contributed by atoms with Crippen molar-refractivity contribution in [3.63, 3.8) is 0 Å². The van der Waals surface area contributed by atoms with E-state index < -0.39 is 0 Å². The summed E-state index contributed by atoms with van der Waals surface area (Å²) in [7, 11) is 0. The number of carbonyl (C=O) groups is 2. The normalized spacial score (nSPS) is 15.2. The summed E-state index contributed by atoms with van der Waals surface area (Å²) in [6.45, 7) is 3.80. The molecule has 1 heterocycles. The zero-order chi connectivity index (χ0) is 18.5. The molecule has 1 fully saturated rings. The fourth-order valence-corrected chi connectivity index (χ4v) is 4.65. The molecule has 1 saturated carbocycles. The van der Waals surface area contributed by atoms with Gasteiger partial charge in [-0.3, -0.25) is 14.9 Å². The van der Waals surface area contributed by atoms with Crippen molar-refractivity contribution >= 4 is 38.6 Å². The highest BCUT2D eigenvalue weighted by Gasteiger charge is 2.16. The van der Waals surface area contributed by atoms with Crippen LogP contribution < -0.4 is 5.32 Å². The Morgan fingerprint density at radius 1 is 1.23 bits per heavy atom. The molecule has 1 aromatic heterocycles. The van der Waals surface area contributed by atoms with Gasteiger partial charge in [0, 0.05) is 6.42 Å². The number of benzene rings is 1. The van der Waals surface area contributed by atoms with E-state index in [2.05, 4.69) is 22.4 Å². The first kappa shape index (κ1) is 18.8. The van der Waals surface area contributed by atoms with Crippen molar-refractivity contribution in [1.82, 2.24) is 4.98 Å². The Balaban J connectivity index is 1.45. The Labute approximate surface area is 158 Å². The number of thiazole rings is 1. The number of fused-ring (bicyclic) bond motifs is 1. The molecule has 0 radical (unpaired) electrons. The molecule has 0 spiro atoms. The molecule has 1 N–H and O–H groups in total. The maximum Gasteiger partial charge on any atom is 0.306 e. The van der Waals surface area contributed by atoms with E-state index in [1.165, 1.54) is 49.0 Å². The molecule has 26 heavy (non-hydrogen) atoms. The van der Waals surface area contributed by atoms with Crippen LogP contribution in [0.5, 0.6) is 0 Å².